The van der Waals surface area contributed by atoms with E-state index in [1.165, 1.54) is 11.1 Å². The van der Waals surface area contributed by atoms with Crippen molar-refractivity contribution in [2.75, 3.05) is 6.54 Å². The van der Waals surface area contributed by atoms with Gasteiger partial charge in [-0.25, -0.2) is 4.98 Å². The molecule has 0 aliphatic carbocycles. The molecule has 2 aromatic carbocycles. The van der Waals surface area contributed by atoms with Crippen LogP contribution in [0.3, 0.4) is 0 Å². The summed E-state index contributed by atoms with van der Waals surface area (Å²) >= 11 is 1.68. The van der Waals surface area contributed by atoms with Crippen molar-refractivity contribution in [1.29, 1.82) is 0 Å². The van der Waals surface area contributed by atoms with Crippen LogP contribution in [0, 0.1) is 6.92 Å². The van der Waals surface area contributed by atoms with Crippen molar-refractivity contribution in [3.05, 3.63) is 59.7 Å². The summed E-state index contributed by atoms with van der Waals surface area (Å²) in [7, 11) is 0. The van der Waals surface area contributed by atoms with Crippen LogP contribution in [0.5, 0.6) is 0 Å². The second kappa shape index (κ2) is 5.69. The Bertz CT molecular complexity index is 670. The molecule has 3 rings (SSSR count). The summed E-state index contributed by atoms with van der Waals surface area (Å²) in [4.78, 5) is 7.93. The third-order valence-electron chi connectivity index (χ3n) is 3.28. The van der Waals surface area contributed by atoms with Gasteiger partial charge in [0, 0.05) is 11.8 Å². The highest BCUT2D eigenvalue weighted by Gasteiger charge is 2.13. The van der Waals surface area contributed by atoms with E-state index in [1.54, 1.807) is 11.8 Å². The summed E-state index contributed by atoms with van der Waals surface area (Å²) in [6, 6.07) is 16.6. The number of nitrogens with two attached hydrogens (primary N) is 1. The van der Waals surface area contributed by atoms with E-state index >= 15 is 0 Å². The maximum atomic E-state index is 5.92. The molecule has 1 aromatic heterocycles. The van der Waals surface area contributed by atoms with Crippen molar-refractivity contribution < 1.29 is 0 Å². The number of imidazole rings is 1. The minimum absolute atomic E-state index is 0.219. The second-order valence-corrected chi connectivity index (χ2v) is 6.00. The van der Waals surface area contributed by atoms with Crippen LogP contribution in [0.15, 0.2) is 53.7 Å². The van der Waals surface area contributed by atoms with Crippen LogP contribution in [0.2, 0.25) is 0 Å². The normalized spacial score (nSPS) is 12.7. The molecule has 102 valence electrons. The molecule has 0 aliphatic heterocycles. The predicted molar refractivity (Wildman–Crippen MR) is 84.9 cm³/mol. The molecule has 0 aliphatic rings. The maximum absolute atomic E-state index is 5.92. The number of para-hydroxylation sites is 2. The van der Waals surface area contributed by atoms with Crippen molar-refractivity contribution in [3.8, 4) is 0 Å². The van der Waals surface area contributed by atoms with E-state index in [0.717, 1.165) is 16.2 Å². The zero-order valence-corrected chi connectivity index (χ0v) is 12.2. The van der Waals surface area contributed by atoms with Gasteiger partial charge in [-0.05, 0) is 24.6 Å². The smallest absolute Gasteiger partial charge is 0.167 e. The molecule has 0 saturated heterocycles. The first-order valence-electron chi connectivity index (χ1n) is 6.64. The van der Waals surface area contributed by atoms with Gasteiger partial charge in [0.2, 0.25) is 0 Å². The van der Waals surface area contributed by atoms with Gasteiger partial charge in [0.05, 0.1) is 11.0 Å². The van der Waals surface area contributed by atoms with Crippen molar-refractivity contribution in [2.45, 2.75) is 17.3 Å². The zero-order chi connectivity index (χ0) is 13.9. The highest BCUT2D eigenvalue weighted by Crippen LogP contribution is 2.33. The molecule has 0 radical (unpaired) electrons. The number of nitrogens with one attached hydrogen (secondary N) is 1. The molecular formula is C16H17N3S. The number of H-pyrrole nitrogens is 1. The SMILES string of the molecule is Cc1ccc(C(CN)Sc2nc3ccccc3[nH]2)cc1. The molecule has 1 unspecified atom stereocenters. The minimum atomic E-state index is 0.219. The fourth-order valence-corrected chi connectivity index (χ4v) is 3.13. The van der Waals surface area contributed by atoms with Crippen molar-refractivity contribution in [3.63, 3.8) is 0 Å². The number of fused-ring (bicyclic) bond motifs is 1. The van der Waals surface area contributed by atoms with Gasteiger partial charge >= 0.3 is 0 Å². The Hall–Kier alpha value is -1.78. The average Bonchev–Trinajstić information content (AvgIpc) is 2.88. The van der Waals surface area contributed by atoms with E-state index in [2.05, 4.69) is 41.2 Å². The Balaban J connectivity index is 1.85. The van der Waals surface area contributed by atoms with Gasteiger partial charge in [0.1, 0.15) is 0 Å². The molecule has 1 heterocycles. The molecule has 0 saturated carbocycles. The largest absolute Gasteiger partial charge is 0.333 e. The zero-order valence-electron chi connectivity index (χ0n) is 11.3. The standard InChI is InChI=1S/C16H17N3S/c1-11-6-8-12(9-7-11)15(10-17)20-16-18-13-4-2-3-5-14(13)19-16/h2-9,15H,10,17H2,1H3,(H,18,19). The van der Waals surface area contributed by atoms with Crippen LogP contribution in [0.1, 0.15) is 16.4 Å². The molecular weight excluding hydrogens is 266 g/mol. The van der Waals surface area contributed by atoms with E-state index in [-0.39, 0.29) is 5.25 Å². The van der Waals surface area contributed by atoms with Gasteiger partial charge < -0.3 is 10.7 Å². The summed E-state index contributed by atoms with van der Waals surface area (Å²) in [5, 5.41) is 1.14. The quantitative estimate of drug-likeness (QED) is 0.718. The second-order valence-electron chi connectivity index (χ2n) is 4.81. The monoisotopic (exact) mass is 283 g/mol. The maximum Gasteiger partial charge on any atom is 0.167 e. The highest BCUT2D eigenvalue weighted by atomic mass is 32.2. The Morgan fingerprint density at radius 2 is 1.90 bits per heavy atom. The lowest BCUT2D eigenvalue weighted by molar-refractivity contribution is 0.928. The van der Waals surface area contributed by atoms with E-state index in [0.29, 0.717) is 6.54 Å². The number of thioether (sulfide) groups is 1. The lowest BCUT2D eigenvalue weighted by atomic mass is 10.1. The summed E-state index contributed by atoms with van der Waals surface area (Å²) in [5.41, 5.74) is 10.5. The van der Waals surface area contributed by atoms with Crippen LogP contribution < -0.4 is 5.73 Å². The number of aryl methyl sites for hydroxylation is 1. The molecule has 1 atom stereocenters. The van der Waals surface area contributed by atoms with Gasteiger partial charge in [0.15, 0.2) is 5.16 Å². The average molecular weight is 283 g/mol. The fraction of sp³-hybridized carbons (Fsp3) is 0.188. The lowest BCUT2D eigenvalue weighted by Crippen LogP contribution is -2.09. The van der Waals surface area contributed by atoms with E-state index in [1.807, 2.05) is 24.3 Å². The van der Waals surface area contributed by atoms with Gasteiger partial charge in [-0.3, -0.25) is 0 Å². The Kier molecular flexibility index (Phi) is 3.76. The first-order valence-corrected chi connectivity index (χ1v) is 7.52. The molecule has 3 aromatic rings. The van der Waals surface area contributed by atoms with Crippen LogP contribution in [-0.4, -0.2) is 16.5 Å². The predicted octanol–water partition coefficient (Wildman–Crippen LogP) is 3.66. The van der Waals surface area contributed by atoms with Crippen LogP contribution in [0.25, 0.3) is 11.0 Å². The van der Waals surface area contributed by atoms with E-state index < -0.39 is 0 Å². The summed E-state index contributed by atoms with van der Waals surface area (Å²) in [6.07, 6.45) is 0. The van der Waals surface area contributed by atoms with Gasteiger partial charge in [-0.2, -0.15) is 0 Å². The fourth-order valence-electron chi connectivity index (χ4n) is 2.15. The summed E-state index contributed by atoms with van der Waals surface area (Å²) < 4.78 is 0. The molecule has 0 spiro atoms. The Labute approximate surface area is 122 Å². The molecule has 3 N–H and O–H groups in total. The van der Waals surface area contributed by atoms with Crippen molar-refractivity contribution >= 4 is 22.8 Å². The van der Waals surface area contributed by atoms with Crippen LogP contribution in [-0.2, 0) is 0 Å². The number of aromatic amines is 1. The lowest BCUT2D eigenvalue weighted by Gasteiger charge is -2.13. The minimum Gasteiger partial charge on any atom is -0.333 e. The number of hydrogen-bond donors (Lipinski definition) is 2. The first-order chi connectivity index (χ1) is 9.76. The van der Waals surface area contributed by atoms with Crippen LogP contribution >= 0.6 is 11.8 Å². The van der Waals surface area contributed by atoms with E-state index in [9.17, 15) is 0 Å². The van der Waals surface area contributed by atoms with Crippen LogP contribution in [0.4, 0.5) is 0 Å². The molecule has 0 amide bonds. The van der Waals surface area contributed by atoms with E-state index in [4.69, 9.17) is 5.73 Å². The first kappa shape index (κ1) is 13.2. The molecule has 4 heteroatoms. The molecule has 3 nitrogen and oxygen atoms in total. The molecule has 20 heavy (non-hydrogen) atoms. The summed E-state index contributed by atoms with van der Waals surface area (Å²) in [5.74, 6) is 0. The number of nitrogens with zero attached hydrogens (tertiary/aromatic N) is 1. The number of hydrogen-bond acceptors (Lipinski definition) is 3. The Morgan fingerprint density at radius 1 is 1.15 bits per heavy atom. The van der Waals surface area contributed by atoms with Gasteiger partial charge in [-0.1, -0.05) is 53.7 Å². The highest BCUT2D eigenvalue weighted by molar-refractivity contribution is 7.99. The van der Waals surface area contributed by atoms with Gasteiger partial charge in [0.25, 0.3) is 0 Å². The molecule has 0 bridgehead atoms. The third-order valence-corrected chi connectivity index (χ3v) is 4.45. The number of benzene rings is 2. The van der Waals surface area contributed by atoms with Crippen molar-refractivity contribution in [2.24, 2.45) is 5.73 Å². The Morgan fingerprint density at radius 3 is 2.60 bits per heavy atom. The van der Waals surface area contributed by atoms with Crippen molar-refractivity contribution in [1.82, 2.24) is 9.97 Å². The molecule has 0 fully saturated rings. The van der Waals surface area contributed by atoms with Gasteiger partial charge in [-0.15, -0.1) is 0 Å². The number of aromatic nitrogens is 2. The summed E-state index contributed by atoms with van der Waals surface area (Å²) in [6.45, 7) is 2.68. The topological polar surface area (TPSA) is 54.7 Å². The third kappa shape index (κ3) is 2.71. The number of rotatable bonds is 4.